The minimum absolute atomic E-state index is 0.382. The zero-order chi connectivity index (χ0) is 37.2. The molecule has 0 fully saturated rings. The Morgan fingerprint density at radius 2 is 0.882 bits per heavy atom. The topological polar surface area (TPSA) is 49.7 Å². The fourth-order valence-corrected chi connectivity index (χ4v) is 18.4. The number of phenolic OH excluding ortho intramolecular Hbond substituents is 2. The second kappa shape index (κ2) is 26.6. The third-order valence-electron chi connectivity index (χ3n) is 11.0. The molecule has 0 aliphatic heterocycles. The zero-order valence-corrected chi connectivity index (χ0v) is 35.9. The van der Waals surface area contributed by atoms with Crippen molar-refractivity contribution in [2.24, 2.45) is 0 Å². The summed E-state index contributed by atoms with van der Waals surface area (Å²) >= 11 is 0. The Hall–Kier alpha value is -2.09. The molecule has 0 bridgehead atoms. The third kappa shape index (κ3) is 20.7. The van der Waals surface area contributed by atoms with Crippen LogP contribution in [0.2, 0.25) is 37.3 Å². The van der Waals surface area contributed by atoms with Crippen molar-refractivity contribution in [3.05, 3.63) is 84.0 Å². The second-order valence-electron chi connectivity index (χ2n) is 16.3. The van der Waals surface area contributed by atoms with Gasteiger partial charge in [0.05, 0.1) is 0 Å². The van der Waals surface area contributed by atoms with Crippen LogP contribution in [0.15, 0.2) is 72.8 Å². The molecule has 0 saturated heterocycles. The molecule has 2 aromatic rings. The number of hydrogen-bond donors (Lipinski definition) is 2. The van der Waals surface area contributed by atoms with Gasteiger partial charge in [0.15, 0.2) is 16.6 Å². The molecular weight excluding hydrogens is 657 g/mol. The molecule has 288 valence electrons. The number of hydrogen-bond acceptors (Lipinski definition) is 3. The molecule has 0 spiro atoms. The van der Waals surface area contributed by atoms with Crippen molar-refractivity contribution in [1.29, 1.82) is 0 Å². The van der Waals surface area contributed by atoms with E-state index < -0.39 is 16.6 Å². The van der Waals surface area contributed by atoms with E-state index in [1.807, 2.05) is 24.3 Å². The monoisotopic (exact) mass is 735 g/mol. The highest BCUT2D eigenvalue weighted by Gasteiger charge is 2.42. The summed E-state index contributed by atoms with van der Waals surface area (Å²) in [6, 6.07) is 15.4. The van der Waals surface area contributed by atoms with Crippen LogP contribution in [-0.4, -0.2) is 26.8 Å². The van der Waals surface area contributed by atoms with Gasteiger partial charge in [-0.2, -0.15) is 0 Å². The van der Waals surface area contributed by atoms with Gasteiger partial charge < -0.3 is 14.3 Å². The number of unbranched alkanes of at least 4 members (excludes halogenated alkanes) is 10. The SMILES string of the molecule is CCCC(CC/C=C\CCCCCCCc1cccc(O)c1)[Si](C)(C)O[Si](C)(C)C(CCC)CC/C=C/CCCCCCCc1cccc(O)c1. The van der Waals surface area contributed by atoms with Crippen molar-refractivity contribution in [1.82, 2.24) is 0 Å². The van der Waals surface area contributed by atoms with Gasteiger partial charge in [0.25, 0.3) is 0 Å². The van der Waals surface area contributed by atoms with Crippen LogP contribution in [0.4, 0.5) is 0 Å². The van der Waals surface area contributed by atoms with Crippen LogP contribution in [0.1, 0.15) is 153 Å². The highest BCUT2D eigenvalue weighted by molar-refractivity contribution is 6.86. The molecule has 0 aliphatic rings. The van der Waals surface area contributed by atoms with Gasteiger partial charge in [-0.3, -0.25) is 0 Å². The van der Waals surface area contributed by atoms with Gasteiger partial charge >= 0.3 is 0 Å². The lowest BCUT2D eigenvalue weighted by Crippen LogP contribution is -2.50. The molecule has 0 amide bonds. The van der Waals surface area contributed by atoms with Crippen LogP contribution in [-0.2, 0) is 17.0 Å². The van der Waals surface area contributed by atoms with Gasteiger partial charge in [0.2, 0.25) is 0 Å². The molecule has 2 unspecified atom stereocenters. The van der Waals surface area contributed by atoms with E-state index >= 15 is 0 Å². The Labute approximate surface area is 317 Å². The number of aromatic hydroxyl groups is 2. The minimum atomic E-state index is -1.82. The molecule has 0 aromatic heterocycles. The largest absolute Gasteiger partial charge is 0.508 e. The van der Waals surface area contributed by atoms with Crippen molar-refractivity contribution >= 4 is 16.6 Å². The maximum Gasteiger partial charge on any atom is 0.176 e. The van der Waals surface area contributed by atoms with Crippen LogP contribution in [0.5, 0.6) is 11.5 Å². The van der Waals surface area contributed by atoms with E-state index in [0.717, 1.165) is 23.9 Å². The number of aryl methyl sites for hydroxylation is 2. The van der Waals surface area contributed by atoms with Gasteiger partial charge in [-0.15, -0.1) is 0 Å². The van der Waals surface area contributed by atoms with Gasteiger partial charge in [-0.1, -0.05) is 127 Å². The van der Waals surface area contributed by atoms with Crippen molar-refractivity contribution in [2.75, 3.05) is 0 Å². The van der Waals surface area contributed by atoms with Gasteiger partial charge in [-0.05, 0) is 150 Å². The van der Waals surface area contributed by atoms with Crippen molar-refractivity contribution in [2.45, 2.75) is 192 Å². The Balaban J connectivity index is 1.64. The quantitative estimate of drug-likeness (QED) is 0.0477. The van der Waals surface area contributed by atoms with Crippen LogP contribution < -0.4 is 0 Å². The van der Waals surface area contributed by atoms with Crippen molar-refractivity contribution in [3.63, 3.8) is 0 Å². The van der Waals surface area contributed by atoms with Gasteiger partial charge in [0.1, 0.15) is 11.5 Å². The van der Waals surface area contributed by atoms with E-state index in [2.05, 4.69) is 76.5 Å². The average Bonchev–Trinajstić information content (AvgIpc) is 3.08. The first-order valence-electron chi connectivity index (χ1n) is 21.1. The molecule has 0 aliphatic carbocycles. The number of phenols is 2. The predicted molar refractivity (Wildman–Crippen MR) is 229 cm³/mol. The molecule has 2 N–H and O–H groups in total. The molecule has 2 aromatic carbocycles. The molecule has 2 rings (SSSR count). The first-order valence-corrected chi connectivity index (χ1v) is 27.1. The fraction of sp³-hybridized carbons (Fsp3) is 0.652. The van der Waals surface area contributed by atoms with Gasteiger partial charge in [0, 0.05) is 0 Å². The highest BCUT2D eigenvalue weighted by atomic mass is 28.4. The smallest absolute Gasteiger partial charge is 0.176 e. The van der Waals surface area contributed by atoms with Crippen molar-refractivity contribution in [3.8, 4) is 11.5 Å². The maximum absolute atomic E-state index is 9.63. The van der Waals surface area contributed by atoms with E-state index in [-0.39, 0.29) is 0 Å². The van der Waals surface area contributed by atoms with Crippen LogP contribution in [0.3, 0.4) is 0 Å². The second-order valence-corrected chi connectivity index (χ2v) is 25.2. The third-order valence-corrected chi connectivity index (χ3v) is 20.3. The van der Waals surface area contributed by atoms with Gasteiger partial charge in [-0.25, -0.2) is 0 Å². The summed E-state index contributed by atoms with van der Waals surface area (Å²) in [7, 11) is -3.64. The lowest BCUT2D eigenvalue weighted by Gasteiger charge is -2.43. The van der Waals surface area contributed by atoms with Crippen molar-refractivity contribution < 1.29 is 14.3 Å². The standard InChI is InChI=1S/C46H78O3Si2/c1-7-29-45(37-25-21-17-13-9-11-15-19-23-31-41-33-27-35-43(47)39-41)50(3,4)49-51(5,6)46(30-8-2)38-26-22-18-14-10-12-16-20-24-32-42-34-28-36-44(48)40-42/h17-18,21-22,27-28,33-36,39-40,45-48H,7-16,19-20,23-26,29-32,37-38H2,1-6H3/b21-17-,22-18+. The maximum atomic E-state index is 9.63. The first-order chi connectivity index (χ1) is 24.6. The summed E-state index contributed by atoms with van der Waals surface area (Å²) in [6.07, 6.45) is 37.2. The molecule has 51 heavy (non-hydrogen) atoms. The number of benzene rings is 2. The highest BCUT2D eigenvalue weighted by Crippen LogP contribution is 2.40. The Morgan fingerprint density at radius 3 is 1.27 bits per heavy atom. The van der Waals surface area contributed by atoms with Crippen LogP contribution >= 0.6 is 0 Å². The Bertz CT molecular complexity index is 1130. The number of allylic oxidation sites excluding steroid dienone is 4. The minimum Gasteiger partial charge on any atom is -0.508 e. The molecule has 0 saturated carbocycles. The molecule has 2 atom stereocenters. The molecule has 3 nitrogen and oxygen atoms in total. The lowest BCUT2D eigenvalue weighted by molar-refractivity contribution is 0.460. The normalized spacial score (nSPS) is 13.8. The van der Waals surface area contributed by atoms with E-state index in [1.54, 1.807) is 12.1 Å². The Kier molecular flexibility index (Phi) is 23.5. The molecule has 0 heterocycles. The van der Waals surface area contributed by atoms with E-state index in [9.17, 15) is 10.2 Å². The first kappa shape index (κ1) is 45.1. The fourth-order valence-electron chi connectivity index (χ4n) is 7.95. The summed E-state index contributed by atoms with van der Waals surface area (Å²) in [4.78, 5) is 0. The van der Waals surface area contributed by atoms with E-state index in [4.69, 9.17) is 4.12 Å². The molecule has 0 radical (unpaired) electrons. The lowest BCUT2D eigenvalue weighted by atomic mass is 10.0. The summed E-state index contributed by atoms with van der Waals surface area (Å²) in [6.45, 7) is 14.8. The average molecular weight is 735 g/mol. The summed E-state index contributed by atoms with van der Waals surface area (Å²) in [5.74, 6) is 0.764. The summed E-state index contributed by atoms with van der Waals surface area (Å²) in [5.41, 5.74) is 3.97. The Morgan fingerprint density at radius 1 is 0.510 bits per heavy atom. The summed E-state index contributed by atoms with van der Waals surface area (Å²) < 4.78 is 7.41. The van der Waals surface area contributed by atoms with Crippen LogP contribution in [0.25, 0.3) is 0 Å². The summed E-state index contributed by atoms with van der Waals surface area (Å²) in [5, 5.41) is 19.3. The van der Waals surface area contributed by atoms with E-state index in [0.29, 0.717) is 11.5 Å². The van der Waals surface area contributed by atoms with E-state index in [1.165, 1.54) is 140 Å². The zero-order valence-electron chi connectivity index (χ0n) is 33.9. The molecular formula is C46H78O3Si2. The number of rotatable bonds is 30. The predicted octanol–water partition coefficient (Wildman–Crippen LogP) is 15.0. The molecule has 5 heteroatoms. The van der Waals surface area contributed by atoms with Crippen LogP contribution in [0, 0.1) is 0 Å².